The fraction of sp³-hybridized carbons (Fsp3) is 0.917. The topological polar surface area (TPSA) is 50.4 Å². The molecule has 0 bridgehead atoms. The zero-order chi connectivity index (χ0) is 11.8. The molecule has 1 aliphatic rings. The Hall–Kier alpha value is -0.770. The molecule has 1 fully saturated rings. The second-order valence-electron chi connectivity index (χ2n) is 4.46. The van der Waals surface area contributed by atoms with Gasteiger partial charge >= 0.3 is 6.03 Å². The van der Waals surface area contributed by atoms with Crippen LogP contribution in [0.3, 0.4) is 0 Å². The van der Waals surface area contributed by atoms with Gasteiger partial charge < -0.3 is 15.4 Å². The third-order valence-electron chi connectivity index (χ3n) is 2.94. The number of carbonyl (C=O) groups excluding carboxylic acids is 1. The van der Waals surface area contributed by atoms with Gasteiger partial charge in [-0.05, 0) is 26.7 Å². The number of urea groups is 1. The first-order chi connectivity index (χ1) is 7.72. The van der Waals surface area contributed by atoms with Gasteiger partial charge in [-0.3, -0.25) is 0 Å². The summed E-state index contributed by atoms with van der Waals surface area (Å²) in [5, 5.41) is 5.85. The summed E-state index contributed by atoms with van der Waals surface area (Å²) >= 11 is 0. The summed E-state index contributed by atoms with van der Waals surface area (Å²) in [6.45, 7) is 5.18. The number of carbonyl (C=O) groups is 1. The van der Waals surface area contributed by atoms with E-state index in [1.54, 1.807) is 0 Å². The number of rotatable bonds is 5. The maximum absolute atomic E-state index is 11.5. The molecule has 2 amide bonds. The van der Waals surface area contributed by atoms with Crippen LogP contribution in [0, 0.1) is 0 Å². The maximum Gasteiger partial charge on any atom is 0.315 e. The van der Waals surface area contributed by atoms with Crippen molar-refractivity contribution in [1.29, 1.82) is 0 Å². The lowest BCUT2D eigenvalue weighted by Gasteiger charge is -2.23. The van der Waals surface area contributed by atoms with Crippen molar-refractivity contribution < 1.29 is 9.53 Å². The molecule has 1 saturated carbocycles. The zero-order valence-electron chi connectivity index (χ0n) is 10.4. The molecule has 1 rings (SSSR count). The summed E-state index contributed by atoms with van der Waals surface area (Å²) in [5.41, 5.74) is 0. The number of hydrogen-bond acceptors (Lipinski definition) is 2. The van der Waals surface area contributed by atoms with Crippen molar-refractivity contribution in [2.45, 2.75) is 58.1 Å². The number of amides is 2. The fourth-order valence-electron chi connectivity index (χ4n) is 2.06. The van der Waals surface area contributed by atoms with Gasteiger partial charge in [0.25, 0.3) is 0 Å². The van der Waals surface area contributed by atoms with Crippen LogP contribution >= 0.6 is 0 Å². The van der Waals surface area contributed by atoms with E-state index in [1.807, 2.05) is 13.8 Å². The average Bonchev–Trinajstić information content (AvgIpc) is 2.28. The smallest absolute Gasteiger partial charge is 0.315 e. The van der Waals surface area contributed by atoms with Crippen LogP contribution in [-0.4, -0.2) is 31.3 Å². The van der Waals surface area contributed by atoms with Crippen molar-refractivity contribution in [2.75, 3.05) is 13.2 Å². The average molecular weight is 228 g/mol. The Morgan fingerprint density at radius 3 is 2.69 bits per heavy atom. The SMILES string of the molecule is CCOC(C)CNC(=O)NC1CCCCC1. The second-order valence-corrected chi connectivity index (χ2v) is 4.46. The third-order valence-corrected chi connectivity index (χ3v) is 2.94. The minimum atomic E-state index is -0.0570. The zero-order valence-corrected chi connectivity index (χ0v) is 10.4. The van der Waals surface area contributed by atoms with Gasteiger partial charge in [0, 0.05) is 19.2 Å². The Morgan fingerprint density at radius 1 is 1.38 bits per heavy atom. The van der Waals surface area contributed by atoms with Crippen LogP contribution < -0.4 is 10.6 Å². The molecule has 0 aromatic rings. The van der Waals surface area contributed by atoms with Crippen molar-refractivity contribution in [3.63, 3.8) is 0 Å². The molecule has 94 valence electrons. The van der Waals surface area contributed by atoms with E-state index < -0.39 is 0 Å². The normalized spacial score (nSPS) is 19.1. The standard InChI is InChI=1S/C12H24N2O2/c1-3-16-10(2)9-13-12(15)14-11-7-5-4-6-8-11/h10-11H,3-9H2,1-2H3,(H2,13,14,15). The van der Waals surface area contributed by atoms with Gasteiger partial charge in [-0.1, -0.05) is 19.3 Å². The van der Waals surface area contributed by atoms with Gasteiger partial charge in [-0.15, -0.1) is 0 Å². The number of hydrogen-bond donors (Lipinski definition) is 2. The molecule has 16 heavy (non-hydrogen) atoms. The van der Waals surface area contributed by atoms with Crippen molar-refractivity contribution in [3.8, 4) is 0 Å². The maximum atomic E-state index is 11.5. The lowest BCUT2D eigenvalue weighted by Crippen LogP contribution is -2.45. The molecule has 2 N–H and O–H groups in total. The monoisotopic (exact) mass is 228 g/mol. The molecule has 0 aromatic carbocycles. The Kier molecular flexibility index (Phi) is 6.23. The van der Waals surface area contributed by atoms with Crippen molar-refractivity contribution in [2.24, 2.45) is 0 Å². The van der Waals surface area contributed by atoms with Crippen molar-refractivity contribution in [1.82, 2.24) is 10.6 Å². The third kappa shape index (κ3) is 5.35. The van der Waals surface area contributed by atoms with E-state index in [1.165, 1.54) is 19.3 Å². The summed E-state index contributed by atoms with van der Waals surface area (Å²) in [7, 11) is 0. The van der Waals surface area contributed by atoms with Gasteiger partial charge in [-0.2, -0.15) is 0 Å². The van der Waals surface area contributed by atoms with Gasteiger partial charge in [0.2, 0.25) is 0 Å². The van der Waals surface area contributed by atoms with E-state index in [2.05, 4.69) is 10.6 Å². The van der Waals surface area contributed by atoms with E-state index in [-0.39, 0.29) is 12.1 Å². The lowest BCUT2D eigenvalue weighted by molar-refractivity contribution is 0.0774. The highest BCUT2D eigenvalue weighted by Crippen LogP contribution is 2.16. The fourth-order valence-corrected chi connectivity index (χ4v) is 2.06. The first-order valence-corrected chi connectivity index (χ1v) is 6.38. The molecule has 0 saturated heterocycles. The Balaban J connectivity index is 2.10. The van der Waals surface area contributed by atoms with Gasteiger partial charge in [0.1, 0.15) is 0 Å². The van der Waals surface area contributed by atoms with E-state index in [4.69, 9.17) is 4.74 Å². The van der Waals surface area contributed by atoms with E-state index >= 15 is 0 Å². The molecule has 0 aromatic heterocycles. The van der Waals surface area contributed by atoms with Crippen LogP contribution in [0.5, 0.6) is 0 Å². The molecule has 4 heteroatoms. The van der Waals surface area contributed by atoms with Crippen LogP contribution in [0.15, 0.2) is 0 Å². The molecule has 0 aliphatic heterocycles. The van der Waals surface area contributed by atoms with Crippen LogP contribution in [-0.2, 0) is 4.74 Å². The van der Waals surface area contributed by atoms with Gasteiger partial charge in [-0.25, -0.2) is 4.79 Å². The first-order valence-electron chi connectivity index (χ1n) is 6.38. The van der Waals surface area contributed by atoms with Crippen LogP contribution in [0.2, 0.25) is 0 Å². The number of ether oxygens (including phenoxy) is 1. The molecular weight excluding hydrogens is 204 g/mol. The highest BCUT2D eigenvalue weighted by atomic mass is 16.5. The van der Waals surface area contributed by atoms with Crippen molar-refractivity contribution in [3.05, 3.63) is 0 Å². The Bertz CT molecular complexity index is 203. The molecule has 1 unspecified atom stereocenters. The predicted octanol–water partition coefficient (Wildman–Crippen LogP) is 2.04. The molecule has 1 aliphatic carbocycles. The predicted molar refractivity (Wildman–Crippen MR) is 64.5 cm³/mol. The van der Waals surface area contributed by atoms with Gasteiger partial charge in [0.15, 0.2) is 0 Å². The number of nitrogens with one attached hydrogen (secondary N) is 2. The molecule has 0 heterocycles. The van der Waals surface area contributed by atoms with Crippen molar-refractivity contribution >= 4 is 6.03 Å². The summed E-state index contributed by atoms with van der Waals surface area (Å²) in [4.78, 5) is 11.5. The minimum Gasteiger partial charge on any atom is -0.377 e. The van der Waals surface area contributed by atoms with E-state index in [0.717, 1.165) is 12.8 Å². The molecule has 4 nitrogen and oxygen atoms in total. The molecule has 1 atom stereocenters. The summed E-state index contributed by atoms with van der Waals surface area (Å²) in [5.74, 6) is 0. The molecular formula is C12H24N2O2. The van der Waals surface area contributed by atoms with Crippen LogP contribution in [0.4, 0.5) is 4.79 Å². The highest BCUT2D eigenvalue weighted by molar-refractivity contribution is 5.74. The van der Waals surface area contributed by atoms with Crippen LogP contribution in [0.1, 0.15) is 46.0 Å². The second kappa shape index (κ2) is 7.49. The van der Waals surface area contributed by atoms with E-state index in [0.29, 0.717) is 19.2 Å². The van der Waals surface area contributed by atoms with Gasteiger partial charge in [0.05, 0.1) is 6.10 Å². The Morgan fingerprint density at radius 2 is 2.06 bits per heavy atom. The minimum absolute atomic E-state index is 0.0570. The first kappa shape index (κ1) is 13.3. The summed E-state index contributed by atoms with van der Waals surface area (Å²) < 4.78 is 5.34. The highest BCUT2D eigenvalue weighted by Gasteiger charge is 2.15. The quantitative estimate of drug-likeness (QED) is 0.756. The molecule has 0 spiro atoms. The largest absolute Gasteiger partial charge is 0.377 e. The summed E-state index contributed by atoms with van der Waals surface area (Å²) in [6.07, 6.45) is 6.10. The van der Waals surface area contributed by atoms with Crippen LogP contribution in [0.25, 0.3) is 0 Å². The lowest BCUT2D eigenvalue weighted by atomic mass is 9.96. The van der Waals surface area contributed by atoms with E-state index in [9.17, 15) is 4.79 Å². The molecule has 0 radical (unpaired) electrons. The summed E-state index contributed by atoms with van der Waals surface area (Å²) in [6, 6.07) is 0.314. The Labute approximate surface area is 98.1 Å².